The van der Waals surface area contributed by atoms with E-state index in [-0.39, 0.29) is 19.6 Å². The molecule has 0 saturated carbocycles. The van der Waals surface area contributed by atoms with E-state index >= 15 is 0 Å². The van der Waals surface area contributed by atoms with Gasteiger partial charge in [-0.1, -0.05) is 18.2 Å². The van der Waals surface area contributed by atoms with Crippen LogP contribution in [0.3, 0.4) is 0 Å². The van der Waals surface area contributed by atoms with Crippen molar-refractivity contribution in [1.82, 2.24) is 9.55 Å². The summed E-state index contributed by atoms with van der Waals surface area (Å²) in [6.45, 7) is 1.48. The summed E-state index contributed by atoms with van der Waals surface area (Å²) in [6.07, 6.45) is -2.45. The Morgan fingerprint density at radius 2 is 2.21 bits per heavy atom. The highest BCUT2D eigenvalue weighted by atomic mass is 31.2. The first-order valence-electron chi connectivity index (χ1n) is 8.77. The summed E-state index contributed by atoms with van der Waals surface area (Å²) < 4.78 is 48.6. The predicted octanol–water partition coefficient (Wildman–Crippen LogP) is 1.37. The maximum absolute atomic E-state index is 13.5. The topological polar surface area (TPSA) is 129 Å². The van der Waals surface area contributed by atoms with Gasteiger partial charge in [0.05, 0.1) is 25.5 Å². The van der Waals surface area contributed by atoms with Crippen LogP contribution in [-0.2, 0) is 25.0 Å². The van der Waals surface area contributed by atoms with Crippen LogP contribution in [0.15, 0.2) is 34.0 Å². The maximum atomic E-state index is 13.5. The third-order valence-electron chi connectivity index (χ3n) is 4.71. The fourth-order valence-corrected chi connectivity index (χ4v) is 4.47. The number of fused-ring (bicyclic) bond motifs is 1. The van der Waals surface area contributed by atoms with Crippen LogP contribution in [0.4, 0.5) is 4.39 Å². The molecule has 2 aromatic rings. The highest BCUT2D eigenvalue weighted by Crippen LogP contribution is 2.55. The van der Waals surface area contributed by atoms with Crippen molar-refractivity contribution in [2.24, 2.45) is 0 Å². The highest BCUT2D eigenvalue weighted by molar-refractivity contribution is 7.49. The number of aromatic nitrogens is 2. The molecule has 3 heterocycles. The summed E-state index contributed by atoms with van der Waals surface area (Å²) in [5.41, 5.74) is -0.526. The van der Waals surface area contributed by atoms with Gasteiger partial charge in [0.1, 0.15) is 18.1 Å². The summed E-state index contributed by atoms with van der Waals surface area (Å²) in [7, 11) is -3.93. The van der Waals surface area contributed by atoms with Gasteiger partial charge in [-0.25, -0.2) is 9.36 Å². The molecule has 0 spiro atoms. The minimum Gasteiger partial charge on any atom is -0.403 e. The molecule has 4 unspecified atom stereocenters. The molecule has 2 N–H and O–H groups in total. The Hall–Kier alpha value is -2.30. The van der Waals surface area contributed by atoms with Gasteiger partial charge in [0.15, 0.2) is 0 Å². The number of aliphatic hydroxyl groups is 1. The minimum absolute atomic E-state index is 0.0387. The smallest absolute Gasteiger partial charge is 0.403 e. The number of hydrogen-bond acceptors (Lipinski definition) is 8. The number of ether oxygens (including phenoxy) is 1. The Morgan fingerprint density at radius 3 is 3.00 bits per heavy atom. The number of nitrogens with zero attached hydrogens (tertiary/aromatic N) is 1. The van der Waals surface area contributed by atoms with E-state index in [9.17, 15) is 23.7 Å². The average molecular weight is 428 g/mol. The van der Waals surface area contributed by atoms with Crippen LogP contribution in [0.5, 0.6) is 5.75 Å². The summed E-state index contributed by atoms with van der Waals surface area (Å²) in [5, 5.41) is 10.2. The summed E-state index contributed by atoms with van der Waals surface area (Å²) in [4.78, 5) is 24.8. The third kappa shape index (κ3) is 3.92. The normalized spacial score (nSPS) is 28.7. The molecule has 0 aliphatic carbocycles. The number of halogens is 1. The zero-order chi connectivity index (χ0) is 20.8. The first-order valence-corrected chi connectivity index (χ1v) is 10.2. The van der Waals surface area contributed by atoms with Crippen molar-refractivity contribution in [3.8, 4) is 5.75 Å². The molecule has 1 aromatic carbocycles. The minimum atomic E-state index is -3.93. The van der Waals surface area contributed by atoms with Crippen LogP contribution in [0.25, 0.3) is 0 Å². The molecule has 0 bridgehead atoms. The highest BCUT2D eigenvalue weighted by Gasteiger charge is 2.40. The van der Waals surface area contributed by atoms with Crippen LogP contribution in [0, 0.1) is 12.7 Å². The average Bonchev–Trinajstić information content (AvgIpc) is 3.04. The number of hydrogen-bond donors (Lipinski definition) is 2. The van der Waals surface area contributed by atoms with Crippen molar-refractivity contribution >= 4 is 7.82 Å². The van der Waals surface area contributed by atoms with Gasteiger partial charge in [-0.2, -0.15) is 4.39 Å². The monoisotopic (exact) mass is 428 g/mol. The first kappa shape index (κ1) is 20.0. The number of benzene rings is 1. The van der Waals surface area contributed by atoms with E-state index in [1.54, 1.807) is 19.1 Å². The van der Waals surface area contributed by atoms with Crippen LogP contribution in [0.2, 0.25) is 0 Å². The largest absolute Gasteiger partial charge is 0.530 e. The first-order chi connectivity index (χ1) is 13.8. The number of nitrogens with one attached hydrogen (secondary N) is 1. The molecule has 10 nitrogen and oxygen atoms in total. The Morgan fingerprint density at radius 1 is 1.41 bits per heavy atom. The van der Waals surface area contributed by atoms with E-state index in [0.29, 0.717) is 11.9 Å². The lowest BCUT2D eigenvalue weighted by Crippen LogP contribution is -2.34. The van der Waals surface area contributed by atoms with Crippen LogP contribution >= 0.6 is 7.82 Å². The van der Waals surface area contributed by atoms with Crippen molar-refractivity contribution in [2.75, 3.05) is 6.61 Å². The van der Waals surface area contributed by atoms with E-state index in [0.717, 1.165) is 15.7 Å². The summed E-state index contributed by atoms with van der Waals surface area (Å²) in [5.74, 6) is -0.743. The van der Waals surface area contributed by atoms with Gasteiger partial charge >= 0.3 is 13.5 Å². The lowest BCUT2D eigenvalue weighted by molar-refractivity contribution is -0.0471. The zero-order valence-corrected chi connectivity index (χ0v) is 16.1. The number of phosphoric ester groups is 1. The van der Waals surface area contributed by atoms with Crippen LogP contribution < -0.4 is 15.8 Å². The molecule has 0 radical (unpaired) electrons. The van der Waals surface area contributed by atoms with E-state index in [4.69, 9.17) is 18.3 Å². The lowest BCUT2D eigenvalue weighted by atomic mass is 10.1. The molecule has 1 saturated heterocycles. The molecule has 12 heteroatoms. The molecule has 0 amide bonds. The molecule has 4 atom stereocenters. The van der Waals surface area contributed by atoms with Crippen LogP contribution in [-0.4, -0.2) is 33.5 Å². The van der Waals surface area contributed by atoms with Gasteiger partial charge in [0.25, 0.3) is 5.56 Å². The Labute approximate surface area is 163 Å². The fraction of sp³-hybridized carbons (Fsp3) is 0.412. The number of para-hydroxylation sites is 1. The van der Waals surface area contributed by atoms with E-state index in [1.165, 1.54) is 0 Å². The quantitative estimate of drug-likeness (QED) is 0.699. The van der Waals surface area contributed by atoms with Gasteiger partial charge in [0, 0.05) is 12.0 Å². The standard InChI is InChI=1S/C17H18FN2O8P/c1-9-3-2-4-10-7-25-29(24,28-15(9)10)26-8-13-12(21)5-14(27-13)20-6-11(18)16(22)19-17(20)23/h2-4,6,12-14,21H,5,7-8H2,1H3,(H,19,22,23). The van der Waals surface area contributed by atoms with E-state index in [2.05, 4.69) is 0 Å². The molecular formula is C17H18FN2O8P. The molecule has 2 aliphatic rings. The summed E-state index contributed by atoms with van der Waals surface area (Å²) >= 11 is 0. The zero-order valence-electron chi connectivity index (χ0n) is 15.2. The van der Waals surface area contributed by atoms with Gasteiger partial charge in [0.2, 0.25) is 5.82 Å². The van der Waals surface area contributed by atoms with Crippen molar-refractivity contribution in [2.45, 2.75) is 38.4 Å². The second-order valence-electron chi connectivity index (χ2n) is 6.75. The van der Waals surface area contributed by atoms with Gasteiger partial charge < -0.3 is 14.4 Å². The number of phosphoric acid groups is 1. The lowest BCUT2D eigenvalue weighted by Gasteiger charge is -2.27. The Balaban J connectivity index is 1.44. The number of aryl methyl sites for hydroxylation is 1. The van der Waals surface area contributed by atoms with Crippen molar-refractivity contribution in [3.63, 3.8) is 0 Å². The molecule has 156 valence electrons. The number of rotatable bonds is 4. The van der Waals surface area contributed by atoms with Gasteiger partial charge in [-0.3, -0.25) is 23.4 Å². The Kier molecular flexibility index (Phi) is 5.18. The SMILES string of the molecule is Cc1cccc2c1OP(=O)(OCC1OC(n3cc(F)c(=O)[nH]c3=O)CC1O)OC2. The molecular weight excluding hydrogens is 410 g/mol. The third-order valence-corrected chi connectivity index (χ3v) is 6.03. The fourth-order valence-electron chi connectivity index (χ4n) is 3.18. The Bertz CT molecular complexity index is 1100. The van der Waals surface area contributed by atoms with E-state index < -0.39 is 43.3 Å². The molecule has 4 rings (SSSR count). The van der Waals surface area contributed by atoms with Gasteiger partial charge in [-0.15, -0.1) is 0 Å². The van der Waals surface area contributed by atoms with Crippen molar-refractivity contribution < 1.29 is 32.4 Å². The number of aromatic amines is 1. The maximum Gasteiger partial charge on any atom is 0.530 e. The number of H-pyrrole nitrogens is 1. The van der Waals surface area contributed by atoms with Crippen LogP contribution in [0.1, 0.15) is 23.8 Å². The van der Waals surface area contributed by atoms with Gasteiger partial charge in [-0.05, 0) is 12.5 Å². The van der Waals surface area contributed by atoms with Crippen molar-refractivity contribution in [3.05, 3.63) is 62.2 Å². The second kappa shape index (κ2) is 7.51. The molecule has 1 aromatic heterocycles. The molecule has 1 fully saturated rings. The number of aliphatic hydroxyl groups excluding tert-OH is 1. The predicted molar refractivity (Wildman–Crippen MR) is 96.0 cm³/mol. The second-order valence-corrected chi connectivity index (χ2v) is 8.34. The van der Waals surface area contributed by atoms with E-state index in [1.807, 2.05) is 11.1 Å². The molecule has 2 aliphatic heterocycles. The van der Waals surface area contributed by atoms with Crippen molar-refractivity contribution in [1.29, 1.82) is 0 Å². The molecule has 29 heavy (non-hydrogen) atoms. The summed E-state index contributed by atoms with van der Waals surface area (Å²) in [6, 6.07) is 5.40.